The Kier molecular flexibility index (Phi) is 3.91. The van der Waals surface area contributed by atoms with Gasteiger partial charge in [0, 0.05) is 27.6 Å². The molecule has 2 heteroatoms. The summed E-state index contributed by atoms with van der Waals surface area (Å²) < 4.78 is 4.82. The first kappa shape index (κ1) is 19.5. The summed E-state index contributed by atoms with van der Waals surface area (Å²) in [6.07, 6.45) is 2.23. The third-order valence-electron chi connectivity index (χ3n) is 7.73. The van der Waals surface area contributed by atoms with Gasteiger partial charge in [0.15, 0.2) is 6.20 Å². The van der Waals surface area contributed by atoms with Gasteiger partial charge in [-0.25, -0.2) is 0 Å². The monoisotopic (exact) mass is 439 g/mol. The number of aryl methyl sites for hydroxylation is 2. The maximum Gasteiger partial charge on any atom is 0.237 e. The second-order valence-corrected chi connectivity index (χ2v) is 9.93. The molecule has 34 heavy (non-hydrogen) atoms. The normalized spacial score (nSPS) is 12.4. The summed E-state index contributed by atoms with van der Waals surface area (Å²) in [7, 11) is 2.19. The fourth-order valence-corrected chi connectivity index (χ4v) is 6.14. The topological polar surface area (TPSA) is 8.29 Å². The van der Waals surface area contributed by atoms with Crippen LogP contribution in [0.15, 0.2) is 85.1 Å². The Labute approximate surface area is 199 Å². The third-order valence-corrected chi connectivity index (χ3v) is 7.73. The zero-order valence-corrected chi connectivity index (χ0v) is 20.1. The van der Waals surface area contributed by atoms with Gasteiger partial charge in [-0.3, -0.25) is 0 Å². The average Bonchev–Trinajstić information content (AvgIpc) is 3.37. The lowest BCUT2D eigenvalue weighted by Crippen LogP contribution is -2.31. The SMILES string of the molecule is Cc1c(-c2c3c(cc[n+]2C)c2cccc4c5ccccc5n3c42)cc(C(C)C)c2ccccc12. The van der Waals surface area contributed by atoms with Gasteiger partial charge in [-0.15, -0.1) is 0 Å². The van der Waals surface area contributed by atoms with Gasteiger partial charge < -0.3 is 4.40 Å². The van der Waals surface area contributed by atoms with Gasteiger partial charge >= 0.3 is 0 Å². The van der Waals surface area contributed by atoms with Crippen molar-refractivity contribution in [3.05, 3.63) is 96.2 Å². The van der Waals surface area contributed by atoms with Crippen molar-refractivity contribution in [2.45, 2.75) is 26.7 Å². The molecule has 0 spiro atoms. The standard InChI is InChI=1S/C32H27N2/c1-19(2)27-18-28(20(3)21-10-5-6-11-22(21)27)31-32-26(16-17-33(31)4)25-14-9-13-24-23-12-7-8-15-29(23)34(32)30(24)25/h5-19H,1-4H3/q+1. The molecule has 4 aromatic carbocycles. The number of fused-ring (bicyclic) bond motifs is 7. The van der Waals surface area contributed by atoms with Crippen LogP contribution in [-0.2, 0) is 7.05 Å². The molecule has 0 aliphatic carbocycles. The highest BCUT2D eigenvalue weighted by Gasteiger charge is 2.26. The molecule has 0 aliphatic heterocycles. The molecule has 0 N–H and O–H groups in total. The number of benzene rings is 4. The van der Waals surface area contributed by atoms with Crippen molar-refractivity contribution < 1.29 is 4.57 Å². The molecule has 0 saturated heterocycles. The van der Waals surface area contributed by atoms with Gasteiger partial charge in [0.2, 0.25) is 5.69 Å². The first-order chi connectivity index (χ1) is 16.6. The highest BCUT2D eigenvalue weighted by molar-refractivity contribution is 6.24. The minimum absolute atomic E-state index is 0.447. The Balaban J connectivity index is 1.75. The Bertz CT molecular complexity index is 1900. The summed E-state index contributed by atoms with van der Waals surface area (Å²) in [6.45, 7) is 6.89. The van der Waals surface area contributed by atoms with Gasteiger partial charge in [0.25, 0.3) is 0 Å². The molecule has 164 valence electrons. The van der Waals surface area contributed by atoms with Crippen molar-refractivity contribution >= 4 is 48.9 Å². The van der Waals surface area contributed by atoms with Crippen molar-refractivity contribution in [1.29, 1.82) is 0 Å². The molecule has 0 fully saturated rings. The number of nitrogens with zero attached hydrogens (tertiary/aromatic N) is 2. The Morgan fingerprint density at radius 1 is 0.676 bits per heavy atom. The van der Waals surface area contributed by atoms with E-state index in [1.165, 1.54) is 71.3 Å². The van der Waals surface area contributed by atoms with E-state index < -0.39 is 0 Å². The highest BCUT2D eigenvalue weighted by Crippen LogP contribution is 2.43. The largest absolute Gasteiger partial charge is 0.302 e. The van der Waals surface area contributed by atoms with E-state index in [2.05, 4.69) is 122 Å². The lowest BCUT2D eigenvalue weighted by molar-refractivity contribution is -0.659. The molecule has 0 atom stereocenters. The number of hydrogen-bond donors (Lipinski definition) is 0. The Morgan fingerprint density at radius 2 is 1.29 bits per heavy atom. The summed E-state index contributed by atoms with van der Waals surface area (Å²) in [4.78, 5) is 0. The summed E-state index contributed by atoms with van der Waals surface area (Å²) in [5.41, 5.74) is 9.25. The highest BCUT2D eigenvalue weighted by atomic mass is 15.0. The first-order valence-electron chi connectivity index (χ1n) is 12.1. The van der Waals surface area contributed by atoms with E-state index in [1.54, 1.807) is 0 Å². The van der Waals surface area contributed by atoms with Crippen LogP contribution in [-0.4, -0.2) is 4.40 Å². The third kappa shape index (κ3) is 2.38. The van der Waals surface area contributed by atoms with E-state index in [0.29, 0.717) is 5.92 Å². The zero-order chi connectivity index (χ0) is 23.1. The minimum Gasteiger partial charge on any atom is -0.302 e. The predicted molar refractivity (Wildman–Crippen MR) is 144 cm³/mol. The summed E-state index contributed by atoms with van der Waals surface area (Å²) >= 11 is 0. The molecular formula is C32H27N2+. The second-order valence-electron chi connectivity index (χ2n) is 9.93. The molecule has 3 aromatic heterocycles. The van der Waals surface area contributed by atoms with Gasteiger partial charge in [-0.05, 0) is 46.9 Å². The molecule has 0 aliphatic rings. The molecule has 2 nitrogen and oxygen atoms in total. The average molecular weight is 440 g/mol. The van der Waals surface area contributed by atoms with Gasteiger partial charge in [-0.1, -0.05) is 74.5 Å². The summed E-state index contributed by atoms with van der Waals surface area (Å²) in [6, 6.07) is 29.2. The molecule has 0 amide bonds. The van der Waals surface area contributed by atoms with Crippen molar-refractivity contribution in [2.24, 2.45) is 7.05 Å². The van der Waals surface area contributed by atoms with Crippen LogP contribution < -0.4 is 4.57 Å². The van der Waals surface area contributed by atoms with Gasteiger partial charge in [0.05, 0.1) is 16.6 Å². The first-order valence-corrected chi connectivity index (χ1v) is 12.1. The number of para-hydroxylation sites is 2. The summed E-state index contributed by atoms with van der Waals surface area (Å²) in [5, 5.41) is 8.01. The number of aromatic nitrogens is 2. The van der Waals surface area contributed by atoms with E-state index in [1.807, 2.05) is 0 Å². The Hall–Kier alpha value is -3.91. The van der Waals surface area contributed by atoms with Crippen LogP contribution >= 0.6 is 0 Å². The van der Waals surface area contributed by atoms with Crippen molar-refractivity contribution in [1.82, 2.24) is 4.40 Å². The van der Waals surface area contributed by atoms with E-state index in [-0.39, 0.29) is 0 Å². The smallest absolute Gasteiger partial charge is 0.237 e. The van der Waals surface area contributed by atoms with Crippen LogP contribution in [0.25, 0.3) is 60.1 Å². The lowest BCUT2D eigenvalue weighted by atomic mass is 9.88. The van der Waals surface area contributed by atoms with Crippen LogP contribution in [0.3, 0.4) is 0 Å². The second kappa shape index (κ2) is 6.80. The van der Waals surface area contributed by atoms with Crippen molar-refractivity contribution in [3.63, 3.8) is 0 Å². The van der Waals surface area contributed by atoms with Crippen LogP contribution in [0.5, 0.6) is 0 Å². The van der Waals surface area contributed by atoms with E-state index in [9.17, 15) is 0 Å². The molecule has 0 saturated carbocycles. The van der Waals surface area contributed by atoms with Crippen molar-refractivity contribution in [3.8, 4) is 11.3 Å². The zero-order valence-electron chi connectivity index (χ0n) is 20.1. The predicted octanol–water partition coefficient (Wildman–Crippen LogP) is 7.91. The molecule has 7 rings (SSSR count). The number of hydrogen-bond acceptors (Lipinski definition) is 0. The van der Waals surface area contributed by atoms with Crippen molar-refractivity contribution in [2.75, 3.05) is 0 Å². The maximum absolute atomic E-state index is 2.51. The number of pyridine rings is 1. The van der Waals surface area contributed by atoms with Crippen LogP contribution in [0, 0.1) is 6.92 Å². The fraction of sp³-hybridized carbons (Fsp3) is 0.156. The molecule has 7 aromatic rings. The molecule has 0 unspecified atom stereocenters. The molecule has 0 bridgehead atoms. The number of rotatable bonds is 2. The molecule has 0 radical (unpaired) electrons. The minimum atomic E-state index is 0.447. The van der Waals surface area contributed by atoms with Crippen LogP contribution in [0.2, 0.25) is 0 Å². The quantitative estimate of drug-likeness (QED) is 0.242. The van der Waals surface area contributed by atoms with Gasteiger partial charge in [-0.2, -0.15) is 4.57 Å². The Morgan fingerprint density at radius 3 is 2.06 bits per heavy atom. The lowest BCUT2D eigenvalue weighted by Gasteiger charge is -2.16. The van der Waals surface area contributed by atoms with Gasteiger partial charge in [0.1, 0.15) is 12.6 Å². The van der Waals surface area contributed by atoms with Crippen LogP contribution in [0.1, 0.15) is 30.9 Å². The summed E-state index contributed by atoms with van der Waals surface area (Å²) in [5.74, 6) is 0.447. The van der Waals surface area contributed by atoms with E-state index in [0.717, 1.165) is 0 Å². The van der Waals surface area contributed by atoms with E-state index >= 15 is 0 Å². The van der Waals surface area contributed by atoms with Crippen LogP contribution in [0.4, 0.5) is 0 Å². The van der Waals surface area contributed by atoms with E-state index in [4.69, 9.17) is 0 Å². The molecule has 3 heterocycles. The maximum atomic E-state index is 2.51. The fourth-order valence-electron chi connectivity index (χ4n) is 6.14. The molecular weight excluding hydrogens is 412 g/mol.